The Balaban J connectivity index is 4.00. The van der Waals surface area contributed by atoms with Crippen molar-refractivity contribution in [2.45, 2.75) is 296 Å². The number of phosphoric ester groups is 1. The summed E-state index contributed by atoms with van der Waals surface area (Å²) in [4.78, 5) is 23.2. The number of aliphatic hydroxyl groups is 1. The van der Waals surface area contributed by atoms with Crippen LogP contribution in [-0.2, 0) is 18.4 Å². The van der Waals surface area contributed by atoms with E-state index in [1.165, 1.54) is 218 Å². The first-order valence-electron chi connectivity index (χ1n) is 27.4. The molecule has 1 amide bonds. The van der Waals surface area contributed by atoms with Crippen molar-refractivity contribution in [2.75, 3.05) is 40.9 Å². The van der Waals surface area contributed by atoms with Crippen LogP contribution in [0.1, 0.15) is 284 Å². The molecule has 0 fully saturated rings. The van der Waals surface area contributed by atoms with Crippen LogP contribution in [0.15, 0.2) is 0 Å². The van der Waals surface area contributed by atoms with Gasteiger partial charge >= 0.3 is 7.82 Å². The van der Waals surface area contributed by atoms with Crippen molar-refractivity contribution in [1.29, 1.82) is 0 Å². The number of unbranched alkanes of at least 4 members (excludes halogenated alkanes) is 38. The van der Waals surface area contributed by atoms with Crippen molar-refractivity contribution >= 4 is 13.7 Å². The van der Waals surface area contributed by atoms with Crippen LogP contribution >= 0.6 is 7.82 Å². The van der Waals surface area contributed by atoms with Gasteiger partial charge in [0, 0.05) is 6.42 Å². The molecule has 0 heterocycles. The highest BCUT2D eigenvalue weighted by Crippen LogP contribution is 2.43. The van der Waals surface area contributed by atoms with Gasteiger partial charge < -0.3 is 19.8 Å². The molecule has 8 nitrogen and oxygen atoms in total. The standard InChI is InChI=1S/C53H109N2O6P/c1-6-8-10-12-14-16-18-20-21-22-23-24-25-26-27-28-29-30-31-32-33-34-35-37-39-41-43-45-47-53(57)54-51(50-61-62(58,59)60-49-48-55(3,4)5)52(56)46-44-42-40-38-36-19-17-15-13-11-9-7-2/h51-52,56H,6-50H2,1-5H3,(H-,54,57,58,59)/p+1/t51-,52+/m0/s1. The Morgan fingerprint density at radius 2 is 0.774 bits per heavy atom. The Bertz CT molecular complexity index is 978. The van der Waals surface area contributed by atoms with E-state index in [1.54, 1.807) is 0 Å². The molecule has 3 N–H and O–H groups in total. The zero-order chi connectivity index (χ0) is 45.7. The fourth-order valence-electron chi connectivity index (χ4n) is 8.52. The molecule has 0 bridgehead atoms. The van der Waals surface area contributed by atoms with E-state index >= 15 is 0 Å². The van der Waals surface area contributed by atoms with Gasteiger partial charge in [-0.1, -0.05) is 264 Å². The molecule has 372 valence electrons. The second-order valence-corrected chi connectivity index (χ2v) is 21.8. The van der Waals surface area contributed by atoms with Crippen LogP contribution in [0, 0.1) is 0 Å². The lowest BCUT2D eigenvalue weighted by Gasteiger charge is -2.26. The molecule has 0 spiro atoms. The van der Waals surface area contributed by atoms with E-state index in [0.29, 0.717) is 23.9 Å². The molecule has 0 aromatic carbocycles. The highest BCUT2D eigenvalue weighted by Gasteiger charge is 2.28. The first kappa shape index (κ1) is 61.5. The lowest BCUT2D eigenvalue weighted by molar-refractivity contribution is -0.870. The minimum Gasteiger partial charge on any atom is -0.391 e. The zero-order valence-electron chi connectivity index (χ0n) is 42.4. The topological polar surface area (TPSA) is 105 Å². The van der Waals surface area contributed by atoms with Gasteiger partial charge in [-0.25, -0.2) is 4.57 Å². The summed E-state index contributed by atoms with van der Waals surface area (Å²) in [5.41, 5.74) is 0. The third kappa shape index (κ3) is 47.5. The van der Waals surface area contributed by atoms with E-state index in [9.17, 15) is 19.4 Å². The molecule has 1 unspecified atom stereocenters. The predicted molar refractivity (Wildman–Crippen MR) is 268 cm³/mol. The van der Waals surface area contributed by atoms with E-state index < -0.39 is 20.0 Å². The highest BCUT2D eigenvalue weighted by molar-refractivity contribution is 7.47. The zero-order valence-corrected chi connectivity index (χ0v) is 43.3. The van der Waals surface area contributed by atoms with Crippen molar-refractivity contribution in [1.82, 2.24) is 5.32 Å². The van der Waals surface area contributed by atoms with Gasteiger partial charge in [-0.05, 0) is 12.8 Å². The van der Waals surface area contributed by atoms with Gasteiger partial charge in [-0.3, -0.25) is 13.8 Å². The number of quaternary nitrogens is 1. The molecule has 0 aliphatic rings. The number of likely N-dealkylation sites (N-methyl/N-ethyl adjacent to an activating group) is 1. The number of hydrogen-bond acceptors (Lipinski definition) is 5. The van der Waals surface area contributed by atoms with Gasteiger partial charge in [0.25, 0.3) is 0 Å². The van der Waals surface area contributed by atoms with Crippen molar-refractivity contribution < 1.29 is 32.9 Å². The summed E-state index contributed by atoms with van der Waals surface area (Å²) >= 11 is 0. The maximum atomic E-state index is 12.9. The minimum atomic E-state index is -4.31. The number of phosphoric acid groups is 1. The maximum Gasteiger partial charge on any atom is 0.472 e. The third-order valence-corrected chi connectivity index (χ3v) is 13.8. The summed E-state index contributed by atoms with van der Waals surface area (Å²) in [6.07, 6.45) is 53.0. The third-order valence-electron chi connectivity index (χ3n) is 12.9. The normalized spacial score (nSPS) is 14.0. The lowest BCUT2D eigenvalue weighted by atomic mass is 10.0. The molecule has 62 heavy (non-hydrogen) atoms. The molecule has 0 aliphatic heterocycles. The molecule has 0 aliphatic carbocycles. The fraction of sp³-hybridized carbons (Fsp3) is 0.981. The molecular weight excluding hydrogens is 792 g/mol. The molecule has 9 heteroatoms. The molecule has 0 radical (unpaired) electrons. The van der Waals surface area contributed by atoms with Crippen LogP contribution in [0.2, 0.25) is 0 Å². The number of nitrogens with zero attached hydrogens (tertiary/aromatic N) is 1. The summed E-state index contributed by atoms with van der Waals surface area (Å²) in [6.45, 7) is 4.92. The first-order valence-corrected chi connectivity index (χ1v) is 28.9. The first-order chi connectivity index (χ1) is 30.0. The Labute approximate surface area is 387 Å². The molecule has 0 aromatic rings. The number of rotatable bonds is 51. The van der Waals surface area contributed by atoms with Crippen molar-refractivity contribution in [3.8, 4) is 0 Å². The van der Waals surface area contributed by atoms with E-state index in [4.69, 9.17) is 9.05 Å². The number of nitrogens with one attached hydrogen (secondary N) is 1. The van der Waals surface area contributed by atoms with E-state index in [2.05, 4.69) is 19.2 Å². The van der Waals surface area contributed by atoms with Gasteiger partial charge in [-0.2, -0.15) is 0 Å². The lowest BCUT2D eigenvalue weighted by Crippen LogP contribution is -2.46. The van der Waals surface area contributed by atoms with Crippen LogP contribution in [0.4, 0.5) is 0 Å². The largest absolute Gasteiger partial charge is 0.472 e. The number of amides is 1. The number of carbonyl (C=O) groups excluding carboxylic acids is 1. The van der Waals surface area contributed by atoms with Crippen LogP contribution in [-0.4, -0.2) is 73.4 Å². The Morgan fingerprint density at radius 3 is 1.08 bits per heavy atom. The van der Waals surface area contributed by atoms with E-state index in [0.717, 1.165) is 38.5 Å². The summed E-state index contributed by atoms with van der Waals surface area (Å²) < 4.78 is 23.7. The van der Waals surface area contributed by atoms with E-state index in [1.807, 2.05) is 21.1 Å². The number of carbonyl (C=O) groups is 1. The summed E-state index contributed by atoms with van der Waals surface area (Å²) in [6, 6.07) is -0.753. The van der Waals surface area contributed by atoms with Crippen molar-refractivity contribution in [2.24, 2.45) is 0 Å². The minimum absolute atomic E-state index is 0.0787. The molecule has 0 saturated carbocycles. The Kier molecular flexibility index (Phi) is 45.3. The van der Waals surface area contributed by atoms with Crippen molar-refractivity contribution in [3.63, 3.8) is 0 Å². The molecule has 0 saturated heterocycles. The van der Waals surface area contributed by atoms with Gasteiger partial charge in [0.1, 0.15) is 13.2 Å². The smallest absolute Gasteiger partial charge is 0.391 e. The Hall–Kier alpha value is -0.500. The highest BCUT2D eigenvalue weighted by atomic mass is 31.2. The summed E-state index contributed by atoms with van der Waals surface area (Å²) in [5, 5.41) is 14.0. The van der Waals surface area contributed by atoms with Crippen LogP contribution < -0.4 is 5.32 Å². The molecule has 3 atom stereocenters. The van der Waals surface area contributed by atoms with Gasteiger partial charge in [0.2, 0.25) is 5.91 Å². The SMILES string of the molecule is CCCCCCCCCCCCCCCCCCCCCCCCCCCCCCC(=O)N[C@@H](COP(=O)(O)OCC[N+](C)(C)C)[C@H](O)CCCCCCCCCCCCCC. The monoisotopic (exact) mass is 902 g/mol. The fourth-order valence-corrected chi connectivity index (χ4v) is 9.26. The summed E-state index contributed by atoms with van der Waals surface area (Å²) in [5.74, 6) is -0.138. The van der Waals surface area contributed by atoms with E-state index in [-0.39, 0.29) is 19.1 Å². The second-order valence-electron chi connectivity index (χ2n) is 20.3. The van der Waals surface area contributed by atoms with Crippen LogP contribution in [0.5, 0.6) is 0 Å². The van der Waals surface area contributed by atoms with Gasteiger partial charge in [-0.15, -0.1) is 0 Å². The van der Waals surface area contributed by atoms with Gasteiger partial charge in [0.15, 0.2) is 0 Å². The average Bonchev–Trinajstić information content (AvgIpc) is 3.23. The van der Waals surface area contributed by atoms with Crippen LogP contribution in [0.3, 0.4) is 0 Å². The average molecular weight is 902 g/mol. The predicted octanol–water partition coefficient (Wildman–Crippen LogP) is 16.1. The maximum absolute atomic E-state index is 12.9. The van der Waals surface area contributed by atoms with Crippen LogP contribution in [0.25, 0.3) is 0 Å². The Morgan fingerprint density at radius 1 is 0.484 bits per heavy atom. The number of aliphatic hydroxyl groups excluding tert-OH is 1. The van der Waals surface area contributed by atoms with Crippen molar-refractivity contribution in [3.05, 3.63) is 0 Å². The van der Waals surface area contributed by atoms with Gasteiger partial charge in [0.05, 0.1) is 39.9 Å². The molecular formula is C53H110N2O6P+. The molecule has 0 aromatic heterocycles. The second kappa shape index (κ2) is 45.6. The molecule has 0 rings (SSSR count). The summed E-state index contributed by atoms with van der Waals surface area (Å²) in [7, 11) is 1.63. The quantitative estimate of drug-likeness (QED) is 0.0319. The number of hydrogen-bond donors (Lipinski definition) is 3.